The summed E-state index contributed by atoms with van der Waals surface area (Å²) in [6.45, 7) is 3.25. The number of rotatable bonds is 9. The lowest BCUT2D eigenvalue weighted by molar-refractivity contribution is -0.135. The minimum Gasteiger partial charge on any atom is -0.491 e. The highest BCUT2D eigenvalue weighted by Gasteiger charge is 2.33. The van der Waals surface area contributed by atoms with Crippen LogP contribution in [0.25, 0.3) is 0 Å². The van der Waals surface area contributed by atoms with Gasteiger partial charge in [-0.1, -0.05) is 18.2 Å². The van der Waals surface area contributed by atoms with E-state index in [-0.39, 0.29) is 36.8 Å². The summed E-state index contributed by atoms with van der Waals surface area (Å²) in [7, 11) is 1.57. The molecule has 0 bridgehead atoms. The third-order valence-corrected chi connectivity index (χ3v) is 7.19. The standard InChI is InChI=1S/C27H29FN2O4S/c1-19-5-3-4-6-22(19)27(32)29(14-15-33-2)17-26(31)30-13-11-25-23(12-16-35-25)24(30)18-34-21-9-7-20(28)8-10-21/h3-10,12,16,24H,11,13-15,17-18H2,1-2H3. The van der Waals surface area contributed by atoms with Crippen molar-refractivity contribution >= 4 is 23.2 Å². The molecule has 2 aromatic carbocycles. The number of methoxy groups -OCH3 is 1. The number of carbonyl (C=O) groups is 2. The number of thiophene rings is 1. The van der Waals surface area contributed by atoms with E-state index in [2.05, 4.69) is 0 Å². The third kappa shape index (κ3) is 5.89. The molecule has 2 amide bonds. The molecule has 3 aromatic rings. The van der Waals surface area contributed by atoms with Crippen LogP contribution in [-0.4, -0.2) is 61.6 Å². The predicted molar refractivity (Wildman–Crippen MR) is 133 cm³/mol. The van der Waals surface area contributed by atoms with Gasteiger partial charge in [0.25, 0.3) is 5.91 Å². The average molecular weight is 497 g/mol. The highest BCUT2D eigenvalue weighted by Crippen LogP contribution is 2.34. The molecule has 0 saturated heterocycles. The summed E-state index contributed by atoms with van der Waals surface area (Å²) in [4.78, 5) is 31.5. The highest BCUT2D eigenvalue weighted by molar-refractivity contribution is 7.10. The molecule has 1 unspecified atom stereocenters. The van der Waals surface area contributed by atoms with E-state index in [4.69, 9.17) is 9.47 Å². The van der Waals surface area contributed by atoms with Gasteiger partial charge in [0.1, 0.15) is 24.7 Å². The van der Waals surface area contributed by atoms with Crippen molar-refractivity contribution in [1.29, 1.82) is 0 Å². The lowest BCUT2D eigenvalue weighted by Gasteiger charge is -2.37. The second-order valence-corrected chi connectivity index (χ2v) is 9.45. The van der Waals surface area contributed by atoms with Crippen LogP contribution in [0.4, 0.5) is 4.39 Å². The molecule has 2 heterocycles. The second kappa shape index (κ2) is 11.5. The first-order valence-electron chi connectivity index (χ1n) is 11.6. The summed E-state index contributed by atoms with van der Waals surface area (Å²) in [5, 5.41) is 2.02. The molecule has 8 heteroatoms. The number of hydrogen-bond acceptors (Lipinski definition) is 5. The highest BCUT2D eigenvalue weighted by atomic mass is 32.1. The fourth-order valence-electron chi connectivity index (χ4n) is 4.27. The summed E-state index contributed by atoms with van der Waals surface area (Å²) in [6, 6.07) is 14.9. The molecule has 1 atom stereocenters. The van der Waals surface area contributed by atoms with Crippen molar-refractivity contribution in [2.45, 2.75) is 19.4 Å². The predicted octanol–water partition coefficient (Wildman–Crippen LogP) is 4.49. The average Bonchev–Trinajstić information content (AvgIpc) is 3.35. The molecule has 0 N–H and O–H groups in total. The van der Waals surface area contributed by atoms with Crippen LogP contribution in [0, 0.1) is 12.7 Å². The van der Waals surface area contributed by atoms with Crippen molar-refractivity contribution in [2.75, 3.05) is 40.0 Å². The molecule has 1 aromatic heterocycles. The SMILES string of the molecule is COCCN(CC(=O)N1CCc2sccc2C1COc1ccc(F)cc1)C(=O)c1ccccc1C. The molecule has 6 nitrogen and oxygen atoms in total. The molecule has 0 fully saturated rings. The maximum Gasteiger partial charge on any atom is 0.254 e. The van der Waals surface area contributed by atoms with Gasteiger partial charge in [-0.25, -0.2) is 4.39 Å². The third-order valence-electron chi connectivity index (χ3n) is 6.19. The molecule has 0 radical (unpaired) electrons. The van der Waals surface area contributed by atoms with Gasteiger partial charge in [-0.05, 0) is 66.2 Å². The lowest BCUT2D eigenvalue weighted by Crippen LogP contribution is -2.48. The number of nitrogens with zero attached hydrogens (tertiary/aromatic N) is 2. The van der Waals surface area contributed by atoms with Crippen LogP contribution in [-0.2, 0) is 16.0 Å². The zero-order valence-corrected chi connectivity index (χ0v) is 20.7. The van der Waals surface area contributed by atoms with Crippen molar-refractivity contribution in [3.63, 3.8) is 0 Å². The minimum absolute atomic E-state index is 0.0525. The van der Waals surface area contributed by atoms with Crippen molar-refractivity contribution in [3.05, 3.63) is 87.4 Å². The minimum atomic E-state index is -0.332. The van der Waals surface area contributed by atoms with E-state index < -0.39 is 0 Å². The van der Waals surface area contributed by atoms with Crippen molar-refractivity contribution in [3.8, 4) is 5.75 Å². The number of fused-ring (bicyclic) bond motifs is 1. The first-order chi connectivity index (χ1) is 17.0. The molecule has 4 rings (SSSR count). The Hall–Kier alpha value is -3.23. The monoisotopic (exact) mass is 496 g/mol. The molecule has 0 aliphatic carbocycles. The fourth-order valence-corrected chi connectivity index (χ4v) is 5.20. The smallest absolute Gasteiger partial charge is 0.254 e. The van der Waals surface area contributed by atoms with Crippen LogP contribution < -0.4 is 4.74 Å². The Morgan fingerprint density at radius 2 is 1.91 bits per heavy atom. The topological polar surface area (TPSA) is 59.1 Å². The van der Waals surface area contributed by atoms with E-state index in [0.29, 0.717) is 31.0 Å². The number of halogens is 1. The molecule has 184 valence electrons. The molecule has 1 aliphatic heterocycles. The van der Waals surface area contributed by atoms with E-state index in [1.54, 1.807) is 46.4 Å². The summed E-state index contributed by atoms with van der Waals surface area (Å²) >= 11 is 1.67. The van der Waals surface area contributed by atoms with Gasteiger partial charge in [0.15, 0.2) is 0 Å². The van der Waals surface area contributed by atoms with Crippen LogP contribution in [0.15, 0.2) is 60.0 Å². The summed E-state index contributed by atoms with van der Waals surface area (Å²) in [6.07, 6.45) is 0.760. The van der Waals surface area contributed by atoms with Crippen LogP contribution in [0.1, 0.15) is 32.4 Å². The Labute approximate surface area is 208 Å². The van der Waals surface area contributed by atoms with Crippen LogP contribution in [0.3, 0.4) is 0 Å². The molecule has 1 aliphatic rings. The number of ether oxygens (including phenoxy) is 2. The van der Waals surface area contributed by atoms with Gasteiger partial charge in [0, 0.05) is 30.6 Å². The fraction of sp³-hybridized carbons (Fsp3) is 0.333. The molecular weight excluding hydrogens is 467 g/mol. The maximum absolute atomic E-state index is 13.6. The molecule has 0 spiro atoms. The zero-order chi connectivity index (χ0) is 24.8. The van der Waals surface area contributed by atoms with Crippen molar-refractivity contribution < 1.29 is 23.5 Å². The van der Waals surface area contributed by atoms with Gasteiger partial charge in [-0.2, -0.15) is 0 Å². The molecule has 35 heavy (non-hydrogen) atoms. The summed E-state index contributed by atoms with van der Waals surface area (Å²) in [5.41, 5.74) is 2.50. The Bertz CT molecular complexity index is 1160. The van der Waals surface area contributed by atoms with Gasteiger partial charge < -0.3 is 19.3 Å². The van der Waals surface area contributed by atoms with Gasteiger partial charge in [-0.15, -0.1) is 11.3 Å². The van der Waals surface area contributed by atoms with Crippen LogP contribution in [0.2, 0.25) is 0 Å². The first kappa shape index (κ1) is 24.9. The van der Waals surface area contributed by atoms with E-state index in [1.165, 1.54) is 17.0 Å². The summed E-state index contributed by atoms with van der Waals surface area (Å²) in [5.74, 6) is -0.132. The quantitative estimate of drug-likeness (QED) is 0.438. The van der Waals surface area contributed by atoms with Crippen molar-refractivity contribution in [1.82, 2.24) is 9.80 Å². The zero-order valence-electron chi connectivity index (χ0n) is 19.9. The number of amides is 2. The Morgan fingerprint density at radius 1 is 1.14 bits per heavy atom. The Balaban J connectivity index is 1.53. The van der Waals surface area contributed by atoms with E-state index >= 15 is 0 Å². The Morgan fingerprint density at radius 3 is 2.66 bits per heavy atom. The Kier molecular flexibility index (Phi) is 8.15. The number of benzene rings is 2. The lowest BCUT2D eigenvalue weighted by atomic mass is 10.00. The number of aryl methyl sites for hydroxylation is 1. The van der Waals surface area contributed by atoms with E-state index in [1.807, 2.05) is 36.6 Å². The van der Waals surface area contributed by atoms with Crippen LogP contribution in [0.5, 0.6) is 5.75 Å². The normalized spacial score (nSPS) is 14.9. The number of hydrogen-bond donors (Lipinski definition) is 0. The summed E-state index contributed by atoms with van der Waals surface area (Å²) < 4.78 is 24.4. The molecule has 0 saturated carbocycles. The van der Waals surface area contributed by atoms with Gasteiger partial charge in [0.05, 0.1) is 12.6 Å². The van der Waals surface area contributed by atoms with Gasteiger partial charge >= 0.3 is 0 Å². The van der Waals surface area contributed by atoms with E-state index in [0.717, 1.165) is 17.5 Å². The largest absolute Gasteiger partial charge is 0.491 e. The first-order valence-corrected chi connectivity index (χ1v) is 12.4. The second-order valence-electron chi connectivity index (χ2n) is 8.45. The van der Waals surface area contributed by atoms with Gasteiger partial charge in [0.2, 0.25) is 5.91 Å². The van der Waals surface area contributed by atoms with Gasteiger partial charge in [-0.3, -0.25) is 9.59 Å². The molecular formula is C27H29FN2O4S. The van der Waals surface area contributed by atoms with E-state index in [9.17, 15) is 14.0 Å². The van der Waals surface area contributed by atoms with Crippen molar-refractivity contribution in [2.24, 2.45) is 0 Å². The van der Waals surface area contributed by atoms with Crippen LogP contribution >= 0.6 is 11.3 Å². The maximum atomic E-state index is 13.6. The number of carbonyl (C=O) groups excluding carboxylic acids is 2.